The summed E-state index contributed by atoms with van der Waals surface area (Å²) in [4.78, 5) is 24.0. The van der Waals surface area contributed by atoms with Crippen molar-refractivity contribution in [2.45, 2.75) is 38.7 Å². The Morgan fingerprint density at radius 2 is 1.82 bits per heavy atom. The summed E-state index contributed by atoms with van der Waals surface area (Å²) in [5.41, 5.74) is 6.44. The second-order valence-electron chi connectivity index (χ2n) is 5.32. The fourth-order valence-electron chi connectivity index (χ4n) is 2.78. The Labute approximate surface area is 129 Å². The predicted octanol–water partition coefficient (Wildman–Crippen LogP) is 2.59. The normalized spacial score (nSPS) is 14.7. The van der Waals surface area contributed by atoms with Gasteiger partial charge in [-0.15, -0.1) is 0 Å². The van der Waals surface area contributed by atoms with E-state index in [1.807, 2.05) is 0 Å². The van der Waals surface area contributed by atoms with Crippen molar-refractivity contribution in [2.24, 2.45) is 0 Å². The summed E-state index contributed by atoms with van der Waals surface area (Å²) in [5.74, 6) is -0.408. The fourth-order valence-corrected chi connectivity index (χ4v) is 2.78. The highest BCUT2D eigenvalue weighted by molar-refractivity contribution is 6.09. The zero-order chi connectivity index (χ0) is 16.3. The van der Waals surface area contributed by atoms with Crippen LogP contribution in [0.3, 0.4) is 0 Å². The van der Waals surface area contributed by atoms with E-state index in [-0.39, 0.29) is 40.2 Å². The lowest BCUT2D eigenvalue weighted by Crippen LogP contribution is -2.18. The minimum Gasteiger partial charge on any atom is -0.491 e. The summed E-state index contributed by atoms with van der Waals surface area (Å²) >= 11 is 0. The van der Waals surface area contributed by atoms with Crippen LogP contribution in [-0.2, 0) is 4.74 Å². The molecule has 0 radical (unpaired) electrons. The van der Waals surface area contributed by atoms with Crippen molar-refractivity contribution in [1.82, 2.24) is 0 Å². The quantitative estimate of drug-likeness (QED) is 0.511. The first-order chi connectivity index (χ1) is 10.5. The van der Waals surface area contributed by atoms with Gasteiger partial charge < -0.3 is 19.9 Å². The highest BCUT2D eigenvalue weighted by Crippen LogP contribution is 2.41. The number of ether oxygens (including phenoxy) is 3. The van der Waals surface area contributed by atoms with E-state index in [1.54, 1.807) is 0 Å². The lowest BCUT2D eigenvalue weighted by molar-refractivity contribution is 0.0596. The smallest absolute Gasteiger partial charge is 0.338 e. The zero-order valence-corrected chi connectivity index (χ0v) is 13.1. The molecule has 1 aliphatic rings. The number of nitrogen functional groups attached to an aromatic ring is 1. The molecule has 1 aliphatic carbocycles. The molecule has 0 unspecified atom stereocenters. The Morgan fingerprint density at radius 1 is 1.18 bits per heavy atom. The number of esters is 1. The maximum Gasteiger partial charge on any atom is 0.338 e. The van der Waals surface area contributed by atoms with Crippen LogP contribution in [0.2, 0.25) is 0 Å². The van der Waals surface area contributed by atoms with E-state index in [2.05, 4.69) is 0 Å². The third kappa shape index (κ3) is 3.00. The van der Waals surface area contributed by atoms with Gasteiger partial charge in [0, 0.05) is 0 Å². The number of methoxy groups -OCH3 is 2. The predicted molar refractivity (Wildman–Crippen MR) is 81.6 cm³/mol. The first-order valence-corrected chi connectivity index (χ1v) is 7.26. The molecule has 0 atom stereocenters. The van der Waals surface area contributed by atoms with Crippen molar-refractivity contribution < 1.29 is 23.8 Å². The fraction of sp³-hybridized carbons (Fsp3) is 0.500. The molecule has 0 heterocycles. The monoisotopic (exact) mass is 307 g/mol. The molecule has 1 aromatic carbocycles. The highest BCUT2D eigenvalue weighted by Gasteiger charge is 2.28. The maximum absolute atomic E-state index is 12.1. The molecule has 2 N–H and O–H groups in total. The standard InChI is InChI=1S/C16H21NO5/c1-9(18)13-11(16(19)21-3)8-12(17)14(20-2)15(13)22-10-6-4-5-7-10/h8,10H,4-7,17H2,1-3H3. The van der Waals surface area contributed by atoms with Crippen LogP contribution in [0.25, 0.3) is 0 Å². The van der Waals surface area contributed by atoms with Gasteiger partial charge in [0.1, 0.15) is 0 Å². The Morgan fingerprint density at radius 3 is 2.32 bits per heavy atom. The Bertz CT molecular complexity index is 591. The van der Waals surface area contributed by atoms with Gasteiger partial charge in [-0.1, -0.05) is 0 Å². The van der Waals surface area contributed by atoms with Crippen LogP contribution in [0.1, 0.15) is 53.3 Å². The van der Waals surface area contributed by atoms with Gasteiger partial charge in [0.05, 0.1) is 37.1 Å². The average molecular weight is 307 g/mol. The first kappa shape index (κ1) is 16.1. The summed E-state index contributed by atoms with van der Waals surface area (Å²) in [5, 5.41) is 0. The van der Waals surface area contributed by atoms with E-state index >= 15 is 0 Å². The minimum absolute atomic E-state index is 0.000651. The molecule has 22 heavy (non-hydrogen) atoms. The summed E-state index contributed by atoms with van der Waals surface area (Å²) in [6.07, 6.45) is 3.97. The van der Waals surface area contributed by atoms with Crippen LogP contribution in [0.15, 0.2) is 6.07 Å². The van der Waals surface area contributed by atoms with Crippen molar-refractivity contribution in [3.63, 3.8) is 0 Å². The van der Waals surface area contributed by atoms with Gasteiger partial charge in [-0.3, -0.25) is 4.79 Å². The van der Waals surface area contributed by atoms with Crippen LogP contribution in [0.4, 0.5) is 5.69 Å². The molecule has 0 spiro atoms. The van der Waals surface area contributed by atoms with Crippen molar-refractivity contribution in [3.8, 4) is 11.5 Å². The third-order valence-electron chi connectivity index (χ3n) is 3.81. The lowest BCUT2D eigenvalue weighted by atomic mass is 10.0. The average Bonchev–Trinajstić information content (AvgIpc) is 2.98. The molecule has 120 valence electrons. The minimum atomic E-state index is -0.629. The van der Waals surface area contributed by atoms with Gasteiger partial charge in [-0.2, -0.15) is 0 Å². The molecule has 0 bridgehead atoms. The molecule has 0 aliphatic heterocycles. The van der Waals surface area contributed by atoms with Crippen LogP contribution in [0, 0.1) is 0 Å². The van der Waals surface area contributed by atoms with E-state index in [1.165, 1.54) is 27.2 Å². The number of Topliss-reactive ketones (excluding diaryl/α,β-unsaturated/α-hetero) is 1. The summed E-state index contributed by atoms with van der Waals surface area (Å²) < 4.78 is 16.0. The topological polar surface area (TPSA) is 87.8 Å². The molecule has 1 fully saturated rings. The molecule has 1 aromatic rings. The van der Waals surface area contributed by atoms with Crippen LogP contribution >= 0.6 is 0 Å². The van der Waals surface area contributed by atoms with E-state index < -0.39 is 5.97 Å². The third-order valence-corrected chi connectivity index (χ3v) is 3.81. The molecule has 1 saturated carbocycles. The van der Waals surface area contributed by atoms with Crippen molar-refractivity contribution >= 4 is 17.4 Å². The summed E-state index contributed by atoms with van der Waals surface area (Å²) in [6, 6.07) is 1.39. The van der Waals surface area contributed by atoms with Gasteiger partial charge in [0.25, 0.3) is 0 Å². The van der Waals surface area contributed by atoms with Gasteiger partial charge in [0.15, 0.2) is 17.3 Å². The first-order valence-electron chi connectivity index (χ1n) is 7.26. The zero-order valence-electron chi connectivity index (χ0n) is 13.1. The van der Waals surface area contributed by atoms with Crippen LogP contribution in [-0.4, -0.2) is 32.1 Å². The van der Waals surface area contributed by atoms with Crippen LogP contribution in [0.5, 0.6) is 11.5 Å². The maximum atomic E-state index is 12.1. The summed E-state index contributed by atoms with van der Waals surface area (Å²) in [7, 11) is 2.71. The summed E-state index contributed by atoms with van der Waals surface area (Å²) in [6.45, 7) is 1.37. The molecule has 0 amide bonds. The molecular weight excluding hydrogens is 286 g/mol. The van der Waals surface area contributed by atoms with E-state index in [0.29, 0.717) is 0 Å². The Hall–Kier alpha value is -2.24. The molecule has 6 nitrogen and oxygen atoms in total. The van der Waals surface area contributed by atoms with Gasteiger partial charge in [-0.25, -0.2) is 4.79 Å². The SMILES string of the molecule is COC(=O)c1cc(N)c(OC)c(OC2CCCC2)c1C(C)=O. The number of rotatable bonds is 5. The number of hydrogen-bond donors (Lipinski definition) is 1. The second-order valence-corrected chi connectivity index (χ2v) is 5.32. The number of carbonyl (C=O) groups is 2. The number of benzene rings is 1. The van der Waals surface area contributed by atoms with Crippen LogP contribution < -0.4 is 15.2 Å². The van der Waals surface area contributed by atoms with Crippen molar-refractivity contribution in [2.75, 3.05) is 20.0 Å². The van der Waals surface area contributed by atoms with E-state index in [0.717, 1.165) is 25.7 Å². The Kier molecular flexibility index (Phi) is 4.90. The number of anilines is 1. The Balaban J connectivity index is 2.60. The molecule has 0 saturated heterocycles. The lowest BCUT2D eigenvalue weighted by Gasteiger charge is -2.21. The van der Waals surface area contributed by atoms with Gasteiger partial charge >= 0.3 is 5.97 Å². The molecular formula is C16H21NO5. The second kappa shape index (κ2) is 6.68. The van der Waals surface area contributed by atoms with Gasteiger partial charge in [0.2, 0.25) is 0 Å². The number of hydrogen-bond acceptors (Lipinski definition) is 6. The van der Waals surface area contributed by atoms with E-state index in [4.69, 9.17) is 19.9 Å². The largest absolute Gasteiger partial charge is 0.491 e. The van der Waals surface area contributed by atoms with E-state index in [9.17, 15) is 9.59 Å². The van der Waals surface area contributed by atoms with Crippen molar-refractivity contribution in [1.29, 1.82) is 0 Å². The number of nitrogens with two attached hydrogens (primary N) is 1. The number of ketones is 1. The highest BCUT2D eigenvalue weighted by atomic mass is 16.5. The molecule has 0 aromatic heterocycles. The number of carbonyl (C=O) groups excluding carboxylic acids is 2. The van der Waals surface area contributed by atoms with Gasteiger partial charge in [-0.05, 0) is 38.7 Å². The van der Waals surface area contributed by atoms with Crippen molar-refractivity contribution in [3.05, 3.63) is 17.2 Å². The molecule has 6 heteroatoms. The molecule has 2 rings (SSSR count).